The highest BCUT2D eigenvalue weighted by Crippen LogP contribution is 2.39. The molecule has 1 aliphatic rings. The molecule has 0 saturated heterocycles. The molecule has 1 fully saturated rings. The van der Waals surface area contributed by atoms with E-state index in [2.05, 4.69) is 26.3 Å². The van der Waals surface area contributed by atoms with Gasteiger partial charge in [0.1, 0.15) is 0 Å². The fourth-order valence-electron chi connectivity index (χ4n) is 2.51. The second kappa shape index (κ2) is 5.86. The molecule has 0 aromatic carbocycles. The zero-order chi connectivity index (χ0) is 11.3. The molecule has 0 aliphatic heterocycles. The lowest BCUT2D eigenvalue weighted by molar-refractivity contribution is 0.0321. The fraction of sp³-hybridized carbons (Fsp3) is 1.00. The highest BCUT2D eigenvalue weighted by atomic mass is 16.6. The molecule has 1 N–H and O–H groups in total. The van der Waals surface area contributed by atoms with E-state index in [9.17, 15) is 0 Å². The van der Waals surface area contributed by atoms with E-state index >= 15 is 0 Å². The summed E-state index contributed by atoms with van der Waals surface area (Å²) in [6, 6.07) is 0. The van der Waals surface area contributed by atoms with E-state index in [0.717, 1.165) is 25.0 Å². The average molecular weight is 213 g/mol. The Hall–Kier alpha value is -0.0800. The molecule has 0 spiro atoms. The topological polar surface area (TPSA) is 21.3 Å². The van der Waals surface area contributed by atoms with Gasteiger partial charge in [0, 0.05) is 6.54 Å². The molecule has 0 bridgehead atoms. The van der Waals surface area contributed by atoms with Crippen LogP contribution in [0.15, 0.2) is 0 Å². The minimum Gasteiger partial charge on any atom is -0.302 e. The first-order valence-corrected chi connectivity index (χ1v) is 6.38. The van der Waals surface area contributed by atoms with Gasteiger partial charge in [-0.05, 0) is 49.9 Å². The SMILES string of the molecule is CCONCC1CCC(C(C)(C)C)CC1. The van der Waals surface area contributed by atoms with Crippen LogP contribution in [-0.2, 0) is 4.84 Å². The monoisotopic (exact) mass is 213 g/mol. The minimum atomic E-state index is 0.498. The third-order valence-electron chi connectivity index (χ3n) is 3.69. The van der Waals surface area contributed by atoms with Gasteiger partial charge in [-0.1, -0.05) is 20.8 Å². The number of rotatable bonds is 4. The summed E-state index contributed by atoms with van der Waals surface area (Å²) >= 11 is 0. The highest BCUT2D eigenvalue weighted by molar-refractivity contribution is 4.80. The Labute approximate surface area is 94.7 Å². The van der Waals surface area contributed by atoms with E-state index in [0.29, 0.717) is 5.41 Å². The molecule has 0 aromatic rings. The van der Waals surface area contributed by atoms with Gasteiger partial charge in [-0.3, -0.25) is 0 Å². The Morgan fingerprint density at radius 1 is 1.13 bits per heavy atom. The molecule has 2 heteroatoms. The maximum atomic E-state index is 5.18. The molecular formula is C13H27NO. The van der Waals surface area contributed by atoms with Crippen LogP contribution in [0, 0.1) is 17.3 Å². The van der Waals surface area contributed by atoms with Gasteiger partial charge in [-0.2, -0.15) is 0 Å². The van der Waals surface area contributed by atoms with Crippen molar-refractivity contribution in [3.05, 3.63) is 0 Å². The van der Waals surface area contributed by atoms with Crippen LogP contribution in [0.2, 0.25) is 0 Å². The summed E-state index contributed by atoms with van der Waals surface area (Å²) in [6.07, 6.45) is 5.51. The van der Waals surface area contributed by atoms with Crippen LogP contribution < -0.4 is 5.48 Å². The van der Waals surface area contributed by atoms with Crippen LogP contribution in [0.3, 0.4) is 0 Å². The van der Waals surface area contributed by atoms with Crippen molar-refractivity contribution in [1.29, 1.82) is 0 Å². The summed E-state index contributed by atoms with van der Waals surface area (Å²) in [6.45, 7) is 10.9. The summed E-state index contributed by atoms with van der Waals surface area (Å²) < 4.78 is 0. The third-order valence-corrected chi connectivity index (χ3v) is 3.69. The minimum absolute atomic E-state index is 0.498. The van der Waals surface area contributed by atoms with E-state index in [1.165, 1.54) is 25.7 Å². The number of hydrogen-bond acceptors (Lipinski definition) is 2. The molecule has 1 aliphatic carbocycles. The van der Waals surface area contributed by atoms with Crippen LogP contribution in [0.4, 0.5) is 0 Å². The Bertz CT molecular complexity index is 166. The van der Waals surface area contributed by atoms with E-state index in [4.69, 9.17) is 4.84 Å². The van der Waals surface area contributed by atoms with Gasteiger partial charge >= 0.3 is 0 Å². The van der Waals surface area contributed by atoms with Gasteiger partial charge in [0.25, 0.3) is 0 Å². The molecule has 0 unspecified atom stereocenters. The Kier molecular flexibility index (Phi) is 5.07. The van der Waals surface area contributed by atoms with Crippen molar-refractivity contribution in [2.75, 3.05) is 13.2 Å². The van der Waals surface area contributed by atoms with Gasteiger partial charge in [-0.15, -0.1) is 0 Å². The molecule has 1 saturated carbocycles. The molecule has 0 atom stereocenters. The fourth-order valence-corrected chi connectivity index (χ4v) is 2.51. The first-order chi connectivity index (χ1) is 7.04. The zero-order valence-electron chi connectivity index (χ0n) is 10.8. The largest absolute Gasteiger partial charge is 0.302 e. The Morgan fingerprint density at radius 2 is 1.73 bits per heavy atom. The van der Waals surface area contributed by atoms with Crippen molar-refractivity contribution >= 4 is 0 Å². The molecule has 2 nitrogen and oxygen atoms in total. The lowest BCUT2D eigenvalue weighted by atomic mass is 9.70. The maximum absolute atomic E-state index is 5.18. The van der Waals surface area contributed by atoms with Gasteiger partial charge in [-0.25, -0.2) is 5.48 Å². The lowest BCUT2D eigenvalue weighted by Crippen LogP contribution is -2.30. The molecule has 0 amide bonds. The summed E-state index contributed by atoms with van der Waals surface area (Å²) in [5.74, 6) is 1.75. The summed E-state index contributed by atoms with van der Waals surface area (Å²) in [4.78, 5) is 5.18. The van der Waals surface area contributed by atoms with Gasteiger partial charge in [0.15, 0.2) is 0 Å². The van der Waals surface area contributed by atoms with Crippen molar-refractivity contribution in [3.63, 3.8) is 0 Å². The van der Waals surface area contributed by atoms with Crippen molar-refractivity contribution in [1.82, 2.24) is 5.48 Å². The normalized spacial score (nSPS) is 28.0. The average Bonchev–Trinajstić information content (AvgIpc) is 2.18. The zero-order valence-corrected chi connectivity index (χ0v) is 10.8. The number of hydroxylamine groups is 1. The Balaban J connectivity index is 2.18. The smallest absolute Gasteiger partial charge is 0.0653 e. The van der Waals surface area contributed by atoms with Gasteiger partial charge in [0.05, 0.1) is 6.61 Å². The van der Waals surface area contributed by atoms with Crippen molar-refractivity contribution in [2.45, 2.75) is 53.4 Å². The molecular weight excluding hydrogens is 186 g/mol. The third kappa shape index (κ3) is 4.52. The van der Waals surface area contributed by atoms with E-state index in [1.807, 2.05) is 6.92 Å². The van der Waals surface area contributed by atoms with Gasteiger partial charge < -0.3 is 4.84 Å². The van der Waals surface area contributed by atoms with Crippen molar-refractivity contribution in [3.8, 4) is 0 Å². The predicted molar refractivity (Wildman–Crippen MR) is 64.5 cm³/mol. The molecule has 15 heavy (non-hydrogen) atoms. The van der Waals surface area contributed by atoms with Crippen LogP contribution in [0.1, 0.15) is 53.4 Å². The second-order valence-electron chi connectivity index (χ2n) is 5.87. The number of hydrogen-bond donors (Lipinski definition) is 1. The quantitative estimate of drug-likeness (QED) is 0.571. The lowest BCUT2D eigenvalue weighted by Gasteiger charge is -2.36. The highest BCUT2D eigenvalue weighted by Gasteiger charge is 2.29. The van der Waals surface area contributed by atoms with Crippen LogP contribution in [-0.4, -0.2) is 13.2 Å². The number of nitrogens with one attached hydrogen (secondary N) is 1. The molecule has 0 radical (unpaired) electrons. The van der Waals surface area contributed by atoms with Crippen molar-refractivity contribution < 1.29 is 4.84 Å². The summed E-state index contributed by atoms with van der Waals surface area (Å²) in [5.41, 5.74) is 3.56. The van der Waals surface area contributed by atoms with E-state index < -0.39 is 0 Å². The van der Waals surface area contributed by atoms with E-state index in [-0.39, 0.29) is 0 Å². The molecule has 90 valence electrons. The Morgan fingerprint density at radius 3 is 2.20 bits per heavy atom. The molecule has 0 heterocycles. The van der Waals surface area contributed by atoms with Crippen LogP contribution in [0.5, 0.6) is 0 Å². The summed E-state index contributed by atoms with van der Waals surface area (Å²) in [5, 5.41) is 0. The molecule has 0 aromatic heterocycles. The van der Waals surface area contributed by atoms with Crippen LogP contribution in [0.25, 0.3) is 0 Å². The predicted octanol–water partition coefficient (Wildman–Crippen LogP) is 3.38. The second-order valence-corrected chi connectivity index (χ2v) is 5.87. The van der Waals surface area contributed by atoms with Crippen LogP contribution >= 0.6 is 0 Å². The standard InChI is InChI=1S/C13H27NO/c1-5-15-14-10-11-6-8-12(9-7-11)13(2,3)4/h11-12,14H,5-10H2,1-4H3. The maximum Gasteiger partial charge on any atom is 0.0653 e. The first-order valence-electron chi connectivity index (χ1n) is 6.38. The first kappa shape index (κ1) is 13.0. The van der Waals surface area contributed by atoms with Gasteiger partial charge in [0.2, 0.25) is 0 Å². The molecule has 1 rings (SSSR count). The summed E-state index contributed by atoms with van der Waals surface area (Å²) in [7, 11) is 0. The van der Waals surface area contributed by atoms with Crippen molar-refractivity contribution in [2.24, 2.45) is 17.3 Å². The van der Waals surface area contributed by atoms with E-state index in [1.54, 1.807) is 0 Å².